The maximum atomic E-state index is 5.57. The first-order valence-electron chi connectivity index (χ1n) is 8.19. The van der Waals surface area contributed by atoms with Gasteiger partial charge in [-0.05, 0) is 30.0 Å². The van der Waals surface area contributed by atoms with Crippen LogP contribution in [0.1, 0.15) is 23.0 Å². The van der Waals surface area contributed by atoms with Gasteiger partial charge in [-0.1, -0.05) is 30.3 Å². The van der Waals surface area contributed by atoms with Crippen LogP contribution in [0.4, 0.5) is 0 Å². The van der Waals surface area contributed by atoms with E-state index in [0.29, 0.717) is 0 Å². The van der Waals surface area contributed by atoms with E-state index in [1.807, 2.05) is 42.2 Å². The molecule has 3 rings (SSSR count). The molecule has 0 saturated heterocycles. The molecule has 130 valence electrons. The molecule has 0 aliphatic heterocycles. The number of benzene rings is 2. The summed E-state index contributed by atoms with van der Waals surface area (Å²) in [6.07, 6.45) is 5.88. The number of aryl methyl sites for hydroxylation is 1. The summed E-state index contributed by atoms with van der Waals surface area (Å²) in [5, 5.41) is 3.64. The van der Waals surface area contributed by atoms with Crippen LogP contribution in [0, 0.1) is 0 Å². The van der Waals surface area contributed by atoms with Crippen molar-refractivity contribution in [3.63, 3.8) is 0 Å². The number of ether oxygens (including phenoxy) is 1. The lowest BCUT2D eigenvalue weighted by Gasteiger charge is -2.21. The second kappa shape index (κ2) is 8.23. The quantitative estimate of drug-likeness (QED) is 0.651. The van der Waals surface area contributed by atoms with Crippen LogP contribution >= 0.6 is 11.8 Å². The fraction of sp³-hybridized carbons (Fsp3) is 0.250. The van der Waals surface area contributed by atoms with E-state index in [1.54, 1.807) is 18.9 Å². The van der Waals surface area contributed by atoms with E-state index >= 15 is 0 Å². The molecule has 0 fully saturated rings. The highest BCUT2D eigenvalue weighted by molar-refractivity contribution is 7.98. The van der Waals surface area contributed by atoms with E-state index in [0.717, 1.165) is 23.7 Å². The van der Waals surface area contributed by atoms with E-state index in [4.69, 9.17) is 4.74 Å². The average Bonchev–Trinajstić information content (AvgIpc) is 3.08. The Kier molecular flexibility index (Phi) is 5.79. The van der Waals surface area contributed by atoms with E-state index in [2.05, 4.69) is 46.9 Å². The van der Waals surface area contributed by atoms with Gasteiger partial charge in [0.1, 0.15) is 11.6 Å². The maximum Gasteiger partial charge on any atom is 0.130 e. The van der Waals surface area contributed by atoms with Crippen LogP contribution in [0.5, 0.6) is 5.75 Å². The van der Waals surface area contributed by atoms with Crippen molar-refractivity contribution in [3.05, 3.63) is 77.9 Å². The maximum absolute atomic E-state index is 5.57. The van der Waals surface area contributed by atoms with Gasteiger partial charge in [0.05, 0.1) is 13.2 Å². The van der Waals surface area contributed by atoms with E-state index in [9.17, 15) is 0 Å². The van der Waals surface area contributed by atoms with Gasteiger partial charge < -0.3 is 9.30 Å². The minimum absolute atomic E-state index is 0.0450. The SMILES string of the molecule is COc1ccccc1[C@H](NCc1ccc(SC)cc1)c1nccn1C. The van der Waals surface area contributed by atoms with Gasteiger partial charge in [0.25, 0.3) is 0 Å². The summed E-state index contributed by atoms with van der Waals surface area (Å²) in [6.45, 7) is 0.754. The van der Waals surface area contributed by atoms with Crippen LogP contribution in [-0.4, -0.2) is 22.9 Å². The summed E-state index contributed by atoms with van der Waals surface area (Å²) in [7, 11) is 3.72. The summed E-state index contributed by atoms with van der Waals surface area (Å²) in [5.74, 6) is 1.82. The first kappa shape index (κ1) is 17.6. The van der Waals surface area contributed by atoms with Gasteiger partial charge in [0, 0.05) is 36.4 Å². The smallest absolute Gasteiger partial charge is 0.130 e. The Balaban J connectivity index is 1.88. The van der Waals surface area contributed by atoms with Gasteiger partial charge in [-0.15, -0.1) is 11.8 Å². The largest absolute Gasteiger partial charge is 0.496 e. The molecule has 4 nitrogen and oxygen atoms in total. The third kappa shape index (κ3) is 4.06. The number of hydrogen-bond donors (Lipinski definition) is 1. The first-order chi connectivity index (χ1) is 12.2. The molecule has 0 aliphatic carbocycles. The predicted molar refractivity (Wildman–Crippen MR) is 103 cm³/mol. The minimum Gasteiger partial charge on any atom is -0.496 e. The number of nitrogens with zero attached hydrogens (tertiary/aromatic N) is 2. The molecule has 0 spiro atoms. The molecule has 0 bridgehead atoms. The molecule has 0 saturated carbocycles. The van der Waals surface area contributed by atoms with Crippen molar-refractivity contribution in [2.24, 2.45) is 7.05 Å². The van der Waals surface area contributed by atoms with Crippen molar-refractivity contribution in [2.75, 3.05) is 13.4 Å². The fourth-order valence-electron chi connectivity index (χ4n) is 2.86. The number of thioether (sulfide) groups is 1. The van der Waals surface area contributed by atoms with Crippen molar-refractivity contribution in [1.82, 2.24) is 14.9 Å². The molecule has 0 aliphatic rings. The summed E-state index contributed by atoms with van der Waals surface area (Å²) in [4.78, 5) is 5.82. The molecule has 0 unspecified atom stereocenters. The number of nitrogens with one attached hydrogen (secondary N) is 1. The van der Waals surface area contributed by atoms with Gasteiger partial charge in [-0.25, -0.2) is 4.98 Å². The highest BCUT2D eigenvalue weighted by atomic mass is 32.2. The summed E-state index contributed by atoms with van der Waals surface area (Å²) < 4.78 is 7.61. The minimum atomic E-state index is -0.0450. The second-order valence-corrected chi connectivity index (χ2v) is 6.68. The molecule has 0 radical (unpaired) electrons. The van der Waals surface area contributed by atoms with Crippen LogP contribution in [0.2, 0.25) is 0 Å². The molecule has 2 aromatic carbocycles. The van der Waals surface area contributed by atoms with E-state index in [-0.39, 0.29) is 6.04 Å². The highest BCUT2D eigenvalue weighted by Crippen LogP contribution is 2.29. The predicted octanol–water partition coefficient (Wildman–Crippen LogP) is 4.03. The topological polar surface area (TPSA) is 39.1 Å². The Labute approximate surface area is 153 Å². The molecule has 1 aromatic heterocycles. The fourth-order valence-corrected chi connectivity index (χ4v) is 3.27. The lowest BCUT2D eigenvalue weighted by molar-refractivity contribution is 0.401. The van der Waals surface area contributed by atoms with Gasteiger partial charge >= 0.3 is 0 Å². The van der Waals surface area contributed by atoms with Crippen LogP contribution in [-0.2, 0) is 13.6 Å². The van der Waals surface area contributed by atoms with Gasteiger partial charge in [0.2, 0.25) is 0 Å². The number of imidazole rings is 1. The van der Waals surface area contributed by atoms with Crippen molar-refractivity contribution in [3.8, 4) is 5.75 Å². The van der Waals surface area contributed by atoms with Gasteiger partial charge in [0.15, 0.2) is 0 Å². The first-order valence-corrected chi connectivity index (χ1v) is 9.42. The highest BCUT2D eigenvalue weighted by Gasteiger charge is 2.21. The molecule has 25 heavy (non-hydrogen) atoms. The number of para-hydroxylation sites is 1. The molecule has 1 atom stereocenters. The van der Waals surface area contributed by atoms with Crippen molar-refractivity contribution < 1.29 is 4.74 Å². The van der Waals surface area contributed by atoms with Gasteiger partial charge in [-0.3, -0.25) is 5.32 Å². The van der Waals surface area contributed by atoms with Crippen LogP contribution in [0.15, 0.2) is 65.8 Å². The van der Waals surface area contributed by atoms with Crippen molar-refractivity contribution in [1.29, 1.82) is 0 Å². The summed E-state index contributed by atoms with van der Waals surface area (Å²) >= 11 is 1.75. The Morgan fingerprint density at radius 3 is 2.56 bits per heavy atom. The number of rotatable bonds is 7. The molecule has 1 N–H and O–H groups in total. The Hall–Kier alpha value is -2.24. The molecular formula is C20H23N3OS. The second-order valence-electron chi connectivity index (χ2n) is 5.80. The zero-order valence-electron chi connectivity index (χ0n) is 14.8. The molecule has 5 heteroatoms. The third-order valence-electron chi connectivity index (χ3n) is 4.24. The monoisotopic (exact) mass is 353 g/mol. The average molecular weight is 353 g/mol. The number of hydrogen-bond acceptors (Lipinski definition) is 4. The Morgan fingerprint density at radius 1 is 1.16 bits per heavy atom. The normalized spacial score (nSPS) is 12.1. The lowest BCUT2D eigenvalue weighted by Crippen LogP contribution is -2.25. The van der Waals surface area contributed by atoms with Crippen LogP contribution in [0.3, 0.4) is 0 Å². The Bertz CT molecular complexity index is 814. The Morgan fingerprint density at radius 2 is 1.92 bits per heavy atom. The molecular weight excluding hydrogens is 330 g/mol. The van der Waals surface area contributed by atoms with Gasteiger partial charge in [-0.2, -0.15) is 0 Å². The van der Waals surface area contributed by atoms with Crippen LogP contribution in [0.25, 0.3) is 0 Å². The zero-order valence-corrected chi connectivity index (χ0v) is 15.6. The lowest BCUT2D eigenvalue weighted by atomic mass is 10.0. The third-order valence-corrected chi connectivity index (χ3v) is 4.98. The van der Waals surface area contributed by atoms with Crippen molar-refractivity contribution >= 4 is 11.8 Å². The van der Waals surface area contributed by atoms with E-state index < -0.39 is 0 Å². The molecule has 1 heterocycles. The zero-order chi connectivity index (χ0) is 17.6. The number of aromatic nitrogens is 2. The van der Waals surface area contributed by atoms with E-state index in [1.165, 1.54) is 10.5 Å². The number of methoxy groups -OCH3 is 1. The standard InChI is InChI=1S/C20H23N3OS/c1-23-13-12-21-20(23)19(17-6-4-5-7-18(17)24-2)22-14-15-8-10-16(25-3)11-9-15/h4-13,19,22H,14H2,1-3H3/t19-/m0/s1. The van der Waals surface area contributed by atoms with Crippen molar-refractivity contribution in [2.45, 2.75) is 17.5 Å². The summed E-state index contributed by atoms with van der Waals surface area (Å²) in [6, 6.07) is 16.7. The molecule has 3 aromatic rings. The molecule has 0 amide bonds. The van der Waals surface area contributed by atoms with Crippen LogP contribution < -0.4 is 10.1 Å². The summed E-state index contributed by atoms with van der Waals surface area (Å²) in [5.41, 5.74) is 2.33.